The molecule has 17 heavy (non-hydrogen) atoms. The van der Waals surface area contributed by atoms with Crippen molar-refractivity contribution >= 4 is 11.5 Å². The molecular formula is C11H15N5O. The molecule has 0 radical (unpaired) electrons. The fourth-order valence-corrected chi connectivity index (χ4v) is 2.41. The average molecular weight is 233 g/mol. The van der Waals surface area contributed by atoms with E-state index in [9.17, 15) is 0 Å². The summed E-state index contributed by atoms with van der Waals surface area (Å²) in [6.45, 7) is 0. The minimum absolute atomic E-state index is 0.264. The Balaban J connectivity index is 1.87. The minimum atomic E-state index is 0.264. The molecule has 1 aliphatic rings. The smallest absolute Gasteiger partial charge is 0.203 e. The van der Waals surface area contributed by atoms with E-state index in [1.165, 1.54) is 6.42 Å². The van der Waals surface area contributed by atoms with Gasteiger partial charge in [-0.1, -0.05) is 0 Å². The molecule has 1 saturated carbocycles. The Morgan fingerprint density at radius 2 is 2.41 bits per heavy atom. The Hall–Kier alpha value is -1.69. The van der Waals surface area contributed by atoms with Crippen LogP contribution in [0.15, 0.2) is 18.7 Å². The van der Waals surface area contributed by atoms with Gasteiger partial charge in [0.15, 0.2) is 5.82 Å². The number of fused-ring (bicyclic) bond motifs is 1. The molecule has 2 heterocycles. The molecule has 2 unspecified atom stereocenters. The van der Waals surface area contributed by atoms with Gasteiger partial charge >= 0.3 is 0 Å². The van der Waals surface area contributed by atoms with Crippen LogP contribution in [0.5, 0.6) is 0 Å². The molecule has 0 amide bonds. The zero-order chi connectivity index (χ0) is 11.7. The van der Waals surface area contributed by atoms with E-state index in [0.29, 0.717) is 6.04 Å². The van der Waals surface area contributed by atoms with E-state index < -0.39 is 0 Å². The molecule has 0 spiro atoms. The van der Waals surface area contributed by atoms with Gasteiger partial charge in [-0.25, -0.2) is 4.98 Å². The maximum absolute atomic E-state index is 5.46. The Kier molecular flexibility index (Phi) is 2.64. The summed E-state index contributed by atoms with van der Waals surface area (Å²) in [4.78, 5) is 4.32. The van der Waals surface area contributed by atoms with E-state index in [4.69, 9.17) is 4.74 Å². The molecule has 2 aromatic rings. The van der Waals surface area contributed by atoms with Crippen molar-refractivity contribution in [3.8, 4) is 0 Å². The molecule has 1 aliphatic carbocycles. The monoisotopic (exact) mass is 233 g/mol. The van der Waals surface area contributed by atoms with Crippen molar-refractivity contribution in [2.75, 3.05) is 12.4 Å². The summed E-state index contributed by atoms with van der Waals surface area (Å²) in [6, 6.07) is 0.315. The SMILES string of the molecule is COC1CCCC1Nc1nccn2cnnc12. The summed E-state index contributed by atoms with van der Waals surface area (Å²) in [5, 5.41) is 11.3. The summed E-state index contributed by atoms with van der Waals surface area (Å²) in [5.74, 6) is 0.777. The largest absolute Gasteiger partial charge is 0.379 e. The van der Waals surface area contributed by atoms with Crippen LogP contribution in [0.3, 0.4) is 0 Å². The lowest BCUT2D eigenvalue weighted by Crippen LogP contribution is -2.30. The number of aromatic nitrogens is 4. The molecule has 0 saturated heterocycles. The third-order valence-corrected chi connectivity index (χ3v) is 3.29. The van der Waals surface area contributed by atoms with Crippen LogP contribution >= 0.6 is 0 Å². The number of hydrogen-bond donors (Lipinski definition) is 1. The predicted octanol–water partition coefficient (Wildman–Crippen LogP) is 1.10. The van der Waals surface area contributed by atoms with Crippen LogP contribution in [0, 0.1) is 0 Å². The van der Waals surface area contributed by atoms with Gasteiger partial charge in [0.2, 0.25) is 5.65 Å². The average Bonchev–Trinajstić information content (AvgIpc) is 2.97. The van der Waals surface area contributed by atoms with Crippen LogP contribution in [0.1, 0.15) is 19.3 Å². The molecule has 3 rings (SSSR count). The standard InChI is InChI=1S/C11H15N5O/c1-17-9-4-2-3-8(9)14-10-11-15-13-7-16(11)6-5-12-10/h5-9H,2-4H2,1H3,(H,12,14). The summed E-state index contributed by atoms with van der Waals surface area (Å²) >= 11 is 0. The zero-order valence-corrected chi connectivity index (χ0v) is 9.71. The molecule has 0 aliphatic heterocycles. The molecular weight excluding hydrogens is 218 g/mol. The highest BCUT2D eigenvalue weighted by molar-refractivity contribution is 5.61. The zero-order valence-electron chi connectivity index (χ0n) is 9.71. The van der Waals surface area contributed by atoms with Gasteiger partial charge in [0, 0.05) is 19.5 Å². The quantitative estimate of drug-likeness (QED) is 0.860. The van der Waals surface area contributed by atoms with Crippen molar-refractivity contribution in [1.29, 1.82) is 0 Å². The van der Waals surface area contributed by atoms with Crippen molar-refractivity contribution in [3.05, 3.63) is 18.7 Å². The fourth-order valence-electron chi connectivity index (χ4n) is 2.41. The Labute approximate surface area is 99.0 Å². The molecule has 2 aromatic heterocycles. The van der Waals surface area contributed by atoms with Gasteiger partial charge in [0.25, 0.3) is 0 Å². The summed E-state index contributed by atoms with van der Waals surface area (Å²) in [5.41, 5.74) is 0.759. The molecule has 1 N–H and O–H groups in total. The lowest BCUT2D eigenvalue weighted by molar-refractivity contribution is 0.101. The van der Waals surface area contributed by atoms with E-state index in [0.717, 1.165) is 24.3 Å². The van der Waals surface area contributed by atoms with Gasteiger partial charge in [-0.05, 0) is 19.3 Å². The van der Waals surface area contributed by atoms with Crippen LogP contribution in [0.4, 0.5) is 5.82 Å². The number of hydrogen-bond acceptors (Lipinski definition) is 5. The first-order valence-corrected chi connectivity index (χ1v) is 5.82. The van der Waals surface area contributed by atoms with Crippen LogP contribution in [-0.2, 0) is 4.74 Å². The molecule has 1 fully saturated rings. The number of nitrogens with one attached hydrogen (secondary N) is 1. The highest BCUT2D eigenvalue weighted by Crippen LogP contribution is 2.25. The van der Waals surface area contributed by atoms with Crippen LogP contribution in [0.25, 0.3) is 5.65 Å². The molecule has 0 bridgehead atoms. The van der Waals surface area contributed by atoms with Gasteiger partial charge in [0.05, 0.1) is 12.1 Å². The van der Waals surface area contributed by atoms with Gasteiger partial charge in [-0.2, -0.15) is 0 Å². The summed E-state index contributed by atoms with van der Waals surface area (Å²) < 4.78 is 7.31. The van der Waals surface area contributed by atoms with Gasteiger partial charge < -0.3 is 10.1 Å². The third-order valence-electron chi connectivity index (χ3n) is 3.29. The maximum atomic E-state index is 5.46. The van der Waals surface area contributed by atoms with E-state index in [1.807, 2.05) is 10.6 Å². The van der Waals surface area contributed by atoms with E-state index in [1.54, 1.807) is 19.6 Å². The number of nitrogens with zero attached hydrogens (tertiary/aromatic N) is 4. The van der Waals surface area contributed by atoms with Crippen molar-refractivity contribution < 1.29 is 4.74 Å². The predicted molar refractivity (Wildman–Crippen MR) is 62.8 cm³/mol. The van der Waals surface area contributed by atoms with Crippen LogP contribution in [-0.4, -0.2) is 38.8 Å². The third kappa shape index (κ3) is 1.84. The van der Waals surface area contributed by atoms with E-state index >= 15 is 0 Å². The summed E-state index contributed by atoms with van der Waals surface area (Å²) in [6.07, 6.45) is 8.91. The molecule has 2 atom stereocenters. The molecule has 6 heteroatoms. The normalized spacial score (nSPS) is 24.3. The second-order valence-electron chi connectivity index (χ2n) is 4.29. The van der Waals surface area contributed by atoms with Gasteiger partial charge in [0.1, 0.15) is 6.33 Å². The van der Waals surface area contributed by atoms with Gasteiger partial charge in [-0.3, -0.25) is 4.40 Å². The minimum Gasteiger partial charge on any atom is -0.379 e. The van der Waals surface area contributed by atoms with E-state index in [-0.39, 0.29) is 6.10 Å². The number of methoxy groups -OCH3 is 1. The second kappa shape index (κ2) is 4.29. The Bertz CT molecular complexity index is 511. The number of anilines is 1. The van der Waals surface area contributed by atoms with Crippen LogP contribution in [0.2, 0.25) is 0 Å². The molecule has 0 aromatic carbocycles. The molecule has 90 valence electrons. The Morgan fingerprint density at radius 3 is 3.29 bits per heavy atom. The number of ether oxygens (including phenoxy) is 1. The van der Waals surface area contributed by atoms with Crippen molar-refractivity contribution in [2.45, 2.75) is 31.4 Å². The Morgan fingerprint density at radius 1 is 1.47 bits per heavy atom. The molecule has 6 nitrogen and oxygen atoms in total. The topological polar surface area (TPSA) is 64.3 Å². The lowest BCUT2D eigenvalue weighted by Gasteiger charge is -2.20. The summed E-state index contributed by atoms with van der Waals surface area (Å²) in [7, 11) is 1.76. The van der Waals surface area contributed by atoms with Crippen molar-refractivity contribution in [2.24, 2.45) is 0 Å². The first kappa shape index (κ1) is 10.5. The second-order valence-corrected chi connectivity index (χ2v) is 4.29. The first-order valence-electron chi connectivity index (χ1n) is 5.82. The van der Waals surface area contributed by atoms with E-state index in [2.05, 4.69) is 20.5 Å². The number of rotatable bonds is 3. The van der Waals surface area contributed by atoms with Crippen molar-refractivity contribution in [1.82, 2.24) is 19.6 Å². The first-order chi connectivity index (χ1) is 8.38. The highest BCUT2D eigenvalue weighted by Gasteiger charge is 2.27. The highest BCUT2D eigenvalue weighted by atomic mass is 16.5. The lowest BCUT2D eigenvalue weighted by atomic mass is 10.2. The van der Waals surface area contributed by atoms with Crippen LogP contribution < -0.4 is 5.32 Å². The fraction of sp³-hybridized carbons (Fsp3) is 0.545. The van der Waals surface area contributed by atoms with Gasteiger partial charge in [-0.15, -0.1) is 10.2 Å². The maximum Gasteiger partial charge on any atom is 0.203 e. The van der Waals surface area contributed by atoms with Crippen molar-refractivity contribution in [3.63, 3.8) is 0 Å².